The maximum absolute atomic E-state index is 13.1. The van der Waals surface area contributed by atoms with Gasteiger partial charge in [0.25, 0.3) is 15.9 Å². The summed E-state index contributed by atoms with van der Waals surface area (Å²) in [6, 6.07) is 15.4. The molecule has 0 saturated carbocycles. The number of nitrogens with zero attached hydrogens (tertiary/aromatic N) is 4. The average Bonchev–Trinajstić information content (AvgIpc) is 2.89. The maximum Gasteiger partial charge on any atom is 0.264 e. The van der Waals surface area contributed by atoms with Crippen LogP contribution in [0.5, 0.6) is 0 Å². The second-order valence-electron chi connectivity index (χ2n) is 8.46. The van der Waals surface area contributed by atoms with Crippen LogP contribution in [-0.4, -0.2) is 62.0 Å². The Morgan fingerprint density at radius 2 is 1.83 bits per heavy atom. The van der Waals surface area contributed by atoms with Crippen molar-refractivity contribution in [2.45, 2.75) is 18.4 Å². The van der Waals surface area contributed by atoms with Crippen molar-refractivity contribution in [2.75, 3.05) is 30.9 Å². The van der Waals surface area contributed by atoms with Crippen molar-refractivity contribution in [3.05, 3.63) is 89.8 Å². The number of hydrogen-bond acceptors (Lipinski definition) is 6. The number of sulfonamides is 1. The third-order valence-corrected chi connectivity index (χ3v) is 7.41. The number of rotatable bonds is 8. The molecule has 36 heavy (non-hydrogen) atoms. The van der Waals surface area contributed by atoms with E-state index >= 15 is 0 Å². The first-order chi connectivity index (χ1) is 17.4. The summed E-state index contributed by atoms with van der Waals surface area (Å²) in [6.07, 6.45) is 7.21. The molecule has 1 aromatic heterocycles. The van der Waals surface area contributed by atoms with Gasteiger partial charge >= 0.3 is 0 Å². The zero-order valence-electron chi connectivity index (χ0n) is 20.2. The summed E-state index contributed by atoms with van der Waals surface area (Å²) in [7, 11) is -3.91. The predicted octanol–water partition coefficient (Wildman–Crippen LogP) is 4.21. The van der Waals surface area contributed by atoms with Crippen LogP contribution >= 0.6 is 0 Å². The first kappa shape index (κ1) is 25.3. The van der Waals surface area contributed by atoms with E-state index in [9.17, 15) is 13.2 Å². The summed E-state index contributed by atoms with van der Waals surface area (Å²) >= 11 is 0. The fourth-order valence-corrected chi connectivity index (χ4v) is 5.42. The summed E-state index contributed by atoms with van der Waals surface area (Å²) in [4.78, 5) is 25.3. The van der Waals surface area contributed by atoms with Crippen molar-refractivity contribution in [1.29, 1.82) is 0 Å². The van der Waals surface area contributed by atoms with E-state index in [2.05, 4.69) is 26.3 Å². The van der Waals surface area contributed by atoms with Crippen LogP contribution in [0.1, 0.15) is 28.4 Å². The molecule has 9 heteroatoms. The summed E-state index contributed by atoms with van der Waals surface area (Å²) in [6.45, 7) is 9.02. The van der Waals surface area contributed by atoms with Gasteiger partial charge in [0.05, 0.1) is 5.69 Å². The van der Waals surface area contributed by atoms with Crippen LogP contribution in [-0.2, 0) is 16.6 Å². The van der Waals surface area contributed by atoms with Gasteiger partial charge in [-0.05, 0) is 55.6 Å². The van der Waals surface area contributed by atoms with Crippen LogP contribution in [0.3, 0.4) is 0 Å². The Balaban J connectivity index is 1.40. The number of carbonyl (C=O) groups excluding carboxylic acids is 1. The molecular formula is C27H29N5O3S. The quantitative estimate of drug-likeness (QED) is 0.465. The number of benzene rings is 2. The van der Waals surface area contributed by atoms with Crippen LogP contribution in [0, 0.1) is 0 Å². The lowest BCUT2D eigenvalue weighted by atomic mass is 10.1. The summed E-state index contributed by atoms with van der Waals surface area (Å²) in [5.74, 6) is -0.0670. The smallest absolute Gasteiger partial charge is 0.264 e. The van der Waals surface area contributed by atoms with Gasteiger partial charge in [-0.3, -0.25) is 24.4 Å². The Kier molecular flexibility index (Phi) is 7.92. The van der Waals surface area contributed by atoms with Gasteiger partial charge in [-0.25, -0.2) is 8.42 Å². The molecule has 1 N–H and O–H groups in total. The topological polar surface area (TPSA) is 95.0 Å². The Morgan fingerprint density at radius 1 is 1.08 bits per heavy atom. The van der Waals surface area contributed by atoms with Crippen molar-refractivity contribution in [3.63, 3.8) is 0 Å². The zero-order chi connectivity index (χ0) is 25.5. The highest BCUT2D eigenvalue weighted by molar-refractivity contribution is 7.92. The zero-order valence-corrected chi connectivity index (χ0v) is 21.0. The first-order valence-electron chi connectivity index (χ1n) is 11.7. The van der Waals surface area contributed by atoms with Crippen molar-refractivity contribution < 1.29 is 13.2 Å². The van der Waals surface area contributed by atoms with Gasteiger partial charge in [0.2, 0.25) is 0 Å². The number of allylic oxidation sites excluding steroid dienone is 1. The molecule has 0 spiro atoms. The molecule has 2 heterocycles. The van der Waals surface area contributed by atoms with E-state index in [1.54, 1.807) is 48.7 Å². The SMILES string of the molecule is C=Nc1c(/C=C\C)cccc1S(=O)(=O)Nc1ccc(C(=O)N2CCN(Cc3cccnc3)CC2)cc1. The fraction of sp³-hybridized carbons (Fsp3) is 0.222. The number of carbonyl (C=O) groups is 1. The van der Waals surface area contributed by atoms with Crippen molar-refractivity contribution in [1.82, 2.24) is 14.8 Å². The Morgan fingerprint density at radius 3 is 2.47 bits per heavy atom. The summed E-state index contributed by atoms with van der Waals surface area (Å²) in [5, 5.41) is 0. The van der Waals surface area contributed by atoms with Crippen molar-refractivity contribution in [2.24, 2.45) is 4.99 Å². The predicted molar refractivity (Wildman–Crippen MR) is 143 cm³/mol. The molecule has 3 aromatic rings. The van der Waals surface area contributed by atoms with Crippen LogP contribution in [0.25, 0.3) is 6.08 Å². The van der Waals surface area contributed by atoms with Gasteiger partial charge in [0, 0.05) is 61.9 Å². The van der Waals surface area contributed by atoms with Crippen LogP contribution in [0.15, 0.2) is 83.0 Å². The lowest BCUT2D eigenvalue weighted by Crippen LogP contribution is -2.48. The van der Waals surface area contributed by atoms with E-state index in [1.807, 2.05) is 36.2 Å². The van der Waals surface area contributed by atoms with E-state index < -0.39 is 10.0 Å². The standard InChI is InChI=1S/C27H29N5O3S/c1-3-6-22-8-4-9-25(26(22)28-2)36(34,35)30-24-12-10-23(11-13-24)27(33)32-17-15-31(16-18-32)20-21-7-5-14-29-19-21/h3-14,19,30H,2,15-18,20H2,1H3/b6-3-. The van der Waals surface area contributed by atoms with Crippen LogP contribution in [0.4, 0.5) is 11.4 Å². The molecule has 0 radical (unpaired) electrons. The van der Waals surface area contributed by atoms with Gasteiger partial charge in [-0.2, -0.15) is 0 Å². The molecule has 2 aromatic carbocycles. The lowest BCUT2D eigenvalue weighted by molar-refractivity contribution is 0.0628. The summed E-state index contributed by atoms with van der Waals surface area (Å²) in [5.41, 5.74) is 2.98. The van der Waals surface area contributed by atoms with E-state index in [-0.39, 0.29) is 16.5 Å². The molecule has 1 aliphatic rings. The van der Waals surface area contributed by atoms with E-state index in [0.29, 0.717) is 29.9 Å². The highest BCUT2D eigenvalue weighted by Crippen LogP contribution is 2.30. The first-order valence-corrected chi connectivity index (χ1v) is 13.2. The van der Waals surface area contributed by atoms with Gasteiger partial charge in [0.15, 0.2) is 0 Å². The van der Waals surface area contributed by atoms with Gasteiger partial charge < -0.3 is 4.90 Å². The molecule has 1 saturated heterocycles. The number of anilines is 1. The number of para-hydroxylation sites is 1. The van der Waals surface area contributed by atoms with Crippen molar-refractivity contribution in [3.8, 4) is 0 Å². The molecule has 0 aliphatic carbocycles. The molecule has 4 rings (SSSR count). The molecule has 186 valence electrons. The molecular weight excluding hydrogens is 474 g/mol. The third kappa shape index (κ3) is 5.87. The van der Waals surface area contributed by atoms with Crippen molar-refractivity contribution >= 4 is 40.1 Å². The molecule has 1 fully saturated rings. The summed E-state index contributed by atoms with van der Waals surface area (Å²) < 4.78 is 28.7. The van der Waals surface area contributed by atoms with Gasteiger partial charge in [-0.1, -0.05) is 30.4 Å². The molecule has 0 unspecified atom stereocenters. The molecule has 0 atom stereocenters. The Labute approximate surface area is 212 Å². The number of hydrogen-bond donors (Lipinski definition) is 1. The highest BCUT2D eigenvalue weighted by Gasteiger charge is 2.23. The second kappa shape index (κ2) is 11.3. The van der Waals surface area contributed by atoms with E-state index in [1.165, 1.54) is 6.07 Å². The minimum atomic E-state index is -3.91. The van der Waals surface area contributed by atoms with E-state index in [0.717, 1.165) is 25.2 Å². The molecule has 8 nitrogen and oxygen atoms in total. The van der Waals surface area contributed by atoms with E-state index in [4.69, 9.17) is 0 Å². The number of pyridine rings is 1. The molecule has 1 aliphatic heterocycles. The third-order valence-electron chi connectivity index (χ3n) is 6.00. The second-order valence-corrected chi connectivity index (χ2v) is 10.1. The van der Waals surface area contributed by atoms with Gasteiger partial charge in [-0.15, -0.1) is 0 Å². The number of aromatic nitrogens is 1. The van der Waals surface area contributed by atoms with Gasteiger partial charge in [0.1, 0.15) is 4.90 Å². The minimum Gasteiger partial charge on any atom is -0.336 e. The van der Waals surface area contributed by atoms with Crippen LogP contribution < -0.4 is 4.72 Å². The Bertz CT molecular complexity index is 1350. The lowest BCUT2D eigenvalue weighted by Gasteiger charge is -2.34. The Hall–Kier alpha value is -3.82. The largest absolute Gasteiger partial charge is 0.336 e. The maximum atomic E-state index is 13.1. The average molecular weight is 504 g/mol. The molecule has 1 amide bonds. The fourth-order valence-electron chi connectivity index (χ4n) is 4.17. The number of piperazine rings is 1. The number of amides is 1. The van der Waals surface area contributed by atoms with Crippen LogP contribution in [0.2, 0.25) is 0 Å². The molecule has 0 bridgehead atoms. The number of nitrogens with one attached hydrogen (secondary N) is 1. The number of aliphatic imine (C=N–C) groups is 1. The normalized spacial score (nSPS) is 14.6. The highest BCUT2D eigenvalue weighted by atomic mass is 32.2. The minimum absolute atomic E-state index is 0.0393. The monoisotopic (exact) mass is 503 g/mol.